The van der Waals surface area contributed by atoms with Crippen molar-refractivity contribution in [3.05, 3.63) is 187 Å². The second-order valence-electron chi connectivity index (χ2n) is 29.9. The first kappa shape index (κ1) is 101. The number of nitriles is 3. The number of esters is 2. The summed E-state index contributed by atoms with van der Waals surface area (Å²) in [6, 6.07) is 30.0. The lowest BCUT2D eigenvalue weighted by molar-refractivity contribution is -0.370. The first-order valence-corrected chi connectivity index (χ1v) is 40.4. The van der Waals surface area contributed by atoms with E-state index in [1.807, 2.05) is 74.5 Å². The maximum absolute atomic E-state index is 12.0. The third-order valence-corrected chi connectivity index (χ3v) is 22.1. The van der Waals surface area contributed by atoms with Gasteiger partial charge in [-0.05, 0) is 189 Å². The minimum Gasteiger partial charge on any atom is -0.478 e. The zero-order valence-corrected chi connectivity index (χ0v) is 72.8. The quantitative estimate of drug-likeness (QED) is 0.0123. The van der Waals surface area contributed by atoms with Crippen molar-refractivity contribution in [2.75, 3.05) is 62.7 Å². The number of carboxylic acid groups (broad SMARTS) is 3. The zero-order valence-electron chi connectivity index (χ0n) is 72.0. The van der Waals surface area contributed by atoms with Gasteiger partial charge in [0.15, 0.2) is 18.3 Å². The number of hydrogen-bond donors (Lipinski definition) is 9. The summed E-state index contributed by atoms with van der Waals surface area (Å²) in [4.78, 5) is 93.8. The van der Waals surface area contributed by atoms with E-state index in [0.29, 0.717) is 88.5 Å². The van der Waals surface area contributed by atoms with Gasteiger partial charge in [-0.15, -0.1) is 0 Å². The van der Waals surface area contributed by atoms with Crippen LogP contribution in [-0.2, 0) is 102 Å². The normalized spacial score (nSPS) is 19.0. The molecule has 14 N–H and O–H groups in total. The molecule has 2 fully saturated rings. The Labute approximate surface area is 736 Å². The van der Waals surface area contributed by atoms with Crippen LogP contribution in [0.25, 0.3) is 43.6 Å². The number of ketones is 1. The number of aliphatic hydroxyl groups excluding tert-OH is 1. The predicted molar refractivity (Wildman–Crippen MR) is 461 cm³/mol. The smallest absolute Gasteiger partial charge is 0.478 e. The summed E-state index contributed by atoms with van der Waals surface area (Å²) >= 11 is 0. The lowest BCUT2D eigenvalue weighted by Crippen LogP contribution is -2.41. The van der Waals surface area contributed by atoms with Crippen molar-refractivity contribution in [2.24, 2.45) is 5.92 Å². The molecule has 0 aliphatic carbocycles. The number of nitrogens with two attached hydrogens (primary N) is 5. The number of aromatic nitrogens is 4. The minimum absolute atomic E-state index is 0.0614. The van der Waals surface area contributed by atoms with E-state index < -0.39 is 94.8 Å². The Morgan fingerprint density at radius 1 is 0.558 bits per heavy atom. The highest BCUT2D eigenvalue weighted by molar-refractivity contribution is 7.87. The molecule has 11 heterocycles. The second kappa shape index (κ2) is 42.7. The Kier molecular flexibility index (Phi) is 33.4. The topological polar surface area (TPSA) is 600 Å². The number of aromatic carboxylic acids is 3. The van der Waals surface area contributed by atoms with E-state index >= 15 is 0 Å². The fraction of sp³-hybridized carbons (Fsp3) is 0.345. The van der Waals surface area contributed by atoms with Crippen molar-refractivity contribution in [1.82, 2.24) is 19.9 Å². The van der Waals surface area contributed by atoms with Crippen LogP contribution in [-0.4, -0.2) is 167 Å². The Balaban J connectivity index is 0.000000183. The van der Waals surface area contributed by atoms with E-state index in [0.717, 1.165) is 71.6 Å². The number of fused-ring (bicyclic) bond motifs is 12. The molecule has 7 aliphatic heterocycles. The van der Waals surface area contributed by atoms with Gasteiger partial charge in [0, 0.05) is 61.0 Å². The molecule has 0 bridgehead atoms. The molecule has 16 rings (SSSR count). The Morgan fingerprint density at radius 3 is 1.17 bits per heavy atom. The summed E-state index contributed by atoms with van der Waals surface area (Å²) in [6.45, 7) is 24.1. The SMILES string of the molecule is C/C=C/C#N.C=[O+]C(=O)CO.CC1OCC(=O)C1C#N.CC1OCC(OS(=O)(=O)C(F)(F)F)=C1C#N.CC1OCc2c1c(N)nc1ccc(C(=O)O)cc21.COC(=O)c1ccc(N)c(B2OC(C)(C)C(C)(C)O2)c1.COC(=O)c1ccc2nc(N)c3c(c2c1)COC3C.C[C@@H]1OCc2c1c(N)nc1ccc(C(=O)O)cc21.C[C@H]1OCc2c1c(N)nc1ccc(C(=O)O)cc21. The van der Waals surface area contributed by atoms with Crippen molar-refractivity contribution in [2.45, 2.75) is 156 Å². The molecule has 0 saturated carbocycles. The average Bonchev–Trinajstić information content (AvgIpc) is 1.81. The number of alkyl halides is 3. The van der Waals surface area contributed by atoms with Crippen LogP contribution in [0.1, 0.15) is 197 Å². The number of pyridine rings is 4. The second-order valence-corrected chi connectivity index (χ2v) is 31.4. The predicted octanol–water partition coefficient (Wildman–Crippen LogP) is 11.0. The number of allylic oxidation sites excluding steroid dienone is 2. The molecule has 7 aliphatic rings. The number of halogens is 3. The fourth-order valence-electron chi connectivity index (χ4n) is 13.6. The van der Waals surface area contributed by atoms with Crippen LogP contribution >= 0.6 is 0 Å². The van der Waals surface area contributed by atoms with Crippen LogP contribution < -0.4 is 34.1 Å². The molecular weight excluding hydrogens is 1710 g/mol. The molecule has 42 heteroatoms. The summed E-state index contributed by atoms with van der Waals surface area (Å²) in [5, 5.41) is 62.9. The van der Waals surface area contributed by atoms with Gasteiger partial charge in [0.1, 0.15) is 48.5 Å². The Morgan fingerprint density at radius 2 is 0.899 bits per heavy atom. The lowest BCUT2D eigenvalue weighted by Gasteiger charge is -2.32. The highest BCUT2D eigenvalue weighted by Crippen LogP contribution is 2.44. The third-order valence-electron chi connectivity index (χ3n) is 21.1. The van der Waals surface area contributed by atoms with Crippen molar-refractivity contribution >= 4 is 144 Å². The fourth-order valence-corrected chi connectivity index (χ4v) is 14.1. The zero-order chi connectivity index (χ0) is 95.8. The van der Waals surface area contributed by atoms with Gasteiger partial charge in [-0.25, -0.2) is 43.9 Å². The van der Waals surface area contributed by atoms with Gasteiger partial charge in [-0.1, -0.05) is 6.08 Å². The van der Waals surface area contributed by atoms with E-state index in [-0.39, 0.29) is 71.1 Å². The maximum atomic E-state index is 12.0. The molecule has 7 atom stereocenters. The number of nitrogen functional groups attached to an aromatic ring is 5. The number of carboxylic acids is 3. The number of methoxy groups -OCH3 is 2. The van der Waals surface area contributed by atoms with Crippen molar-refractivity contribution in [3.63, 3.8) is 0 Å². The standard InChI is InChI=1S/C14H20BNO4.C14H14N2O3.3C13H12N2O3.C7H6F3NO4S.C6H7NO2.C4H5N.C3H5O3/c1-13(2)14(3,4)20-15(19-13)10-8-9(12(17)18-5)6-7-11(10)16;1-7-12-10(6-19-7)9-5-8(14(17)18-2)3-4-11(9)16-13(12)15;3*1-6-11-9(5-18-6)8-4-7(13(16)17)2-3-10(8)15-12(11)14;1-4-5(2-11)6(3-14-4)15-16(12,13)7(8,9)10;1-4-5(2-7)6(8)3-9-4;1-2-3-4-5;1-6-3(5)2-4/h6-8H,16H2,1-5H3;3-5,7H,6H2,1-2H3,(H2,15,16);3*2-4,6H,5H2,1H3,(H2,14,15)(H,16,17);4H,3H2,1H3;4-5H,3H2,1H3;2-3H,1H3;4H,1-2H2/q;;;;;;;;+1/b;;;;;;;3-2+;/t;;2*6-;;;;;/m..10...../s1. The molecule has 0 spiro atoms. The number of ether oxygens (including phenoxy) is 8. The average molecular weight is 1810 g/mol. The van der Waals surface area contributed by atoms with Crippen molar-refractivity contribution in [3.8, 4) is 18.2 Å². The summed E-state index contributed by atoms with van der Waals surface area (Å²) in [5.41, 5.74) is 36.2. The molecule has 680 valence electrons. The van der Waals surface area contributed by atoms with Gasteiger partial charge in [0.25, 0.3) is 0 Å². The van der Waals surface area contributed by atoms with Crippen LogP contribution in [0.2, 0.25) is 0 Å². The highest BCUT2D eigenvalue weighted by Gasteiger charge is 2.53. The first-order valence-electron chi connectivity index (χ1n) is 39.0. The number of nitrogens with zero attached hydrogens (tertiary/aromatic N) is 7. The molecular formula is C87H93BF3N12O25S+. The summed E-state index contributed by atoms with van der Waals surface area (Å²) in [5.74, 6) is -3.68. The largest absolute Gasteiger partial charge is 0.604 e. The van der Waals surface area contributed by atoms with Gasteiger partial charge in [-0.3, -0.25) is 9.22 Å². The van der Waals surface area contributed by atoms with Gasteiger partial charge in [-0.2, -0.15) is 37.4 Å². The first-order chi connectivity index (χ1) is 60.7. The van der Waals surface area contributed by atoms with E-state index in [4.69, 9.17) is 112 Å². The van der Waals surface area contributed by atoms with Gasteiger partial charge >= 0.3 is 58.6 Å². The van der Waals surface area contributed by atoms with Crippen LogP contribution in [0, 0.1) is 39.9 Å². The minimum atomic E-state index is -5.74. The molecule has 4 aromatic heterocycles. The molecule has 5 aromatic carbocycles. The van der Waals surface area contributed by atoms with Crippen LogP contribution in [0.3, 0.4) is 0 Å². The molecule has 37 nitrogen and oxygen atoms in total. The van der Waals surface area contributed by atoms with E-state index in [1.54, 1.807) is 85.8 Å². The molecule has 0 radical (unpaired) electrons. The molecule has 2 saturated heterocycles. The van der Waals surface area contributed by atoms with Crippen LogP contribution in [0.15, 0.2) is 114 Å². The third kappa shape index (κ3) is 23.4. The van der Waals surface area contributed by atoms with E-state index in [9.17, 15) is 55.2 Å². The number of carbonyl (C=O) groups is 7. The van der Waals surface area contributed by atoms with E-state index in [1.165, 1.54) is 51.5 Å². The summed E-state index contributed by atoms with van der Waals surface area (Å²) < 4.78 is 118. The van der Waals surface area contributed by atoms with Gasteiger partial charge in [0.05, 0.1) is 161 Å². The number of anilines is 5. The molecule has 0 amide bonds. The van der Waals surface area contributed by atoms with Gasteiger partial charge < -0.3 is 100 Å². The summed E-state index contributed by atoms with van der Waals surface area (Å²) in [6.07, 6.45) is 1.81. The van der Waals surface area contributed by atoms with Crippen LogP contribution in [0.4, 0.5) is 42.1 Å². The number of aliphatic hydroxyl groups is 1. The Bertz CT molecular complexity index is 5900. The van der Waals surface area contributed by atoms with Crippen molar-refractivity contribution in [1.29, 1.82) is 15.8 Å². The molecule has 5 unspecified atom stereocenters. The van der Waals surface area contributed by atoms with E-state index in [2.05, 4.69) is 35.3 Å². The van der Waals surface area contributed by atoms with Gasteiger partial charge in [0.2, 0.25) is 6.61 Å². The summed E-state index contributed by atoms with van der Waals surface area (Å²) in [7, 11) is -3.62. The Hall–Kier alpha value is -13.7. The number of hydrogen-bond acceptors (Lipinski definition) is 33. The highest BCUT2D eigenvalue weighted by atomic mass is 32.2. The van der Waals surface area contributed by atoms with Crippen molar-refractivity contribution < 1.29 is 131 Å². The number of carbonyl (C=O) groups excluding carboxylic acids is 5. The molecule has 9 aromatic rings. The maximum Gasteiger partial charge on any atom is 0.604 e. The molecule has 129 heavy (non-hydrogen) atoms. The van der Waals surface area contributed by atoms with Crippen LogP contribution in [0.5, 0.6) is 0 Å². The number of benzene rings is 5. The monoisotopic (exact) mass is 1810 g/mol. The lowest BCUT2D eigenvalue weighted by atomic mass is 9.77. The number of rotatable bonds is 9. The number of Topliss-reactive ketones (excluding diaryl/α,β-unsaturated/α-hetero) is 1.